The Morgan fingerprint density at radius 1 is 0.886 bits per heavy atom. The van der Waals surface area contributed by atoms with Crippen molar-refractivity contribution in [1.29, 1.82) is 0 Å². The molecule has 2 spiro atoms. The van der Waals surface area contributed by atoms with Crippen molar-refractivity contribution in [3.8, 4) is 0 Å². The Kier molecular flexibility index (Phi) is 5.79. The van der Waals surface area contributed by atoms with Gasteiger partial charge in [0.2, 0.25) is 0 Å². The normalized spacial score (nSPS) is 48.0. The van der Waals surface area contributed by atoms with Gasteiger partial charge in [-0.1, -0.05) is 41.2 Å². The van der Waals surface area contributed by atoms with Gasteiger partial charge in [-0.2, -0.15) is 0 Å². The van der Waals surface area contributed by atoms with Crippen LogP contribution in [-0.2, 0) is 14.3 Å². The van der Waals surface area contributed by atoms with E-state index in [1.165, 1.54) is 51.4 Å². The molecule has 0 aliphatic heterocycles. The first-order valence-corrected chi connectivity index (χ1v) is 14.6. The highest BCUT2D eigenvalue weighted by atomic mass is 16.5. The van der Waals surface area contributed by atoms with Gasteiger partial charge in [0.05, 0.1) is 0 Å². The molecule has 0 bridgehead atoms. The monoisotopic (exact) mass is 482 g/mol. The van der Waals surface area contributed by atoms with Gasteiger partial charge in [-0.25, -0.2) is 0 Å². The Bertz CT molecular complexity index is 933. The number of Topliss-reactive ketones (excluding diaryl/α,β-unsaturated/α-hetero) is 1. The van der Waals surface area contributed by atoms with Crippen molar-refractivity contribution in [3.05, 3.63) is 12.2 Å². The predicted molar refractivity (Wildman–Crippen MR) is 141 cm³/mol. The van der Waals surface area contributed by atoms with Crippen LogP contribution in [0.4, 0.5) is 0 Å². The fourth-order valence-corrected chi connectivity index (χ4v) is 11.5. The van der Waals surface area contributed by atoms with Crippen molar-refractivity contribution in [2.45, 2.75) is 125 Å². The van der Waals surface area contributed by atoms with Crippen molar-refractivity contribution >= 4 is 11.8 Å². The first-order chi connectivity index (χ1) is 16.3. The Morgan fingerprint density at radius 3 is 2.20 bits per heavy atom. The molecule has 3 nitrogen and oxygen atoms in total. The average molecular weight is 483 g/mol. The number of hydrogen-bond acceptors (Lipinski definition) is 3. The molecule has 0 saturated heterocycles. The van der Waals surface area contributed by atoms with Crippen LogP contribution in [0.3, 0.4) is 0 Å². The lowest BCUT2D eigenvalue weighted by molar-refractivity contribution is -0.181. The summed E-state index contributed by atoms with van der Waals surface area (Å²) in [5, 5.41) is 0. The number of esters is 1. The van der Waals surface area contributed by atoms with Gasteiger partial charge in [0.1, 0.15) is 6.10 Å². The van der Waals surface area contributed by atoms with Crippen LogP contribution in [0.5, 0.6) is 0 Å². The molecule has 5 rings (SSSR count). The fourth-order valence-electron chi connectivity index (χ4n) is 11.5. The number of allylic oxidation sites excluding steroid dienone is 1. The second-order valence-corrected chi connectivity index (χ2v) is 14.8. The number of ketones is 1. The van der Waals surface area contributed by atoms with Crippen LogP contribution in [0.1, 0.15) is 119 Å². The molecule has 0 unspecified atom stereocenters. The predicted octanol–water partition coefficient (Wildman–Crippen LogP) is 7.92. The third kappa shape index (κ3) is 3.27. The van der Waals surface area contributed by atoms with Crippen molar-refractivity contribution in [2.75, 3.05) is 0 Å². The van der Waals surface area contributed by atoms with Gasteiger partial charge in [0.25, 0.3) is 0 Å². The van der Waals surface area contributed by atoms with Crippen molar-refractivity contribution in [2.24, 2.45) is 50.7 Å². The molecule has 0 radical (unpaired) electrons. The van der Waals surface area contributed by atoms with Crippen LogP contribution in [0.15, 0.2) is 12.2 Å². The lowest BCUT2D eigenvalue weighted by Crippen LogP contribution is -2.58. The molecule has 196 valence electrons. The molecule has 0 aromatic carbocycles. The summed E-state index contributed by atoms with van der Waals surface area (Å²) in [7, 11) is 0. The number of carbonyl (C=O) groups excluding carboxylic acids is 2. The second-order valence-electron chi connectivity index (χ2n) is 14.8. The fraction of sp³-hybridized carbons (Fsp3) is 0.875. The van der Waals surface area contributed by atoms with Crippen molar-refractivity contribution in [1.82, 2.24) is 0 Å². The Labute approximate surface area is 214 Å². The van der Waals surface area contributed by atoms with Crippen molar-refractivity contribution < 1.29 is 14.3 Å². The van der Waals surface area contributed by atoms with Crippen LogP contribution >= 0.6 is 0 Å². The number of carbonyl (C=O) groups is 2. The van der Waals surface area contributed by atoms with Gasteiger partial charge in [-0.3, -0.25) is 9.59 Å². The summed E-state index contributed by atoms with van der Waals surface area (Å²) in [5.74, 6) is 2.97. The summed E-state index contributed by atoms with van der Waals surface area (Å²) in [6.07, 6.45) is 13.6. The third-order valence-corrected chi connectivity index (χ3v) is 13.4. The zero-order valence-electron chi connectivity index (χ0n) is 23.6. The minimum absolute atomic E-state index is 0.0720. The van der Waals surface area contributed by atoms with Gasteiger partial charge in [0, 0.05) is 18.8 Å². The summed E-state index contributed by atoms with van der Waals surface area (Å²) in [5.41, 5.74) is 2.59. The van der Waals surface area contributed by atoms with Crippen LogP contribution in [-0.4, -0.2) is 17.9 Å². The van der Waals surface area contributed by atoms with E-state index in [0.29, 0.717) is 45.5 Å². The van der Waals surface area contributed by atoms with Crippen LogP contribution in [0.25, 0.3) is 0 Å². The summed E-state index contributed by atoms with van der Waals surface area (Å²) in [4.78, 5) is 24.1. The van der Waals surface area contributed by atoms with E-state index in [-0.39, 0.29) is 23.3 Å². The van der Waals surface area contributed by atoms with E-state index in [1.54, 1.807) is 6.92 Å². The first-order valence-electron chi connectivity index (χ1n) is 14.6. The van der Waals surface area contributed by atoms with Gasteiger partial charge >= 0.3 is 5.97 Å². The van der Waals surface area contributed by atoms with E-state index >= 15 is 0 Å². The molecule has 9 atom stereocenters. The highest BCUT2D eigenvalue weighted by molar-refractivity contribution is 5.94. The van der Waals surface area contributed by atoms with E-state index in [2.05, 4.69) is 41.2 Å². The molecule has 0 amide bonds. The quantitative estimate of drug-likeness (QED) is 0.285. The molecule has 35 heavy (non-hydrogen) atoms. The van der Waals surface area contributed by atoms with Gasteiger partial charge in [-0.05, 0) is 122 Å². The van der Waals surface area contributed by atoms with Gasteiger partial charge in [-0.15, -0.1) is 0 Å². The molecule has 0 aromatic heterocycles. The molecule has 0 N–H and O–H groups in total. The zero-order chi connectivity index (χ0) is 25.6. The van der Waals surface area contributed by atoms with Crippen LogP contribution in [0.2, 0.25) is 0 Å². The molecule has 5 aliphatic rings. The lowest BCUT2D eigenvalue weighted by Gasteiger charge is -2.63. The minimum atomic E-state index is -0.116. The van der Waals surface area contributed by atoms with Gasteiger partial charge in [0.15, 0.2) is 5.78 Å². The summed E-state index contributed by atoms with van der Waals surface area (Å²) in [6.45, 7) is 19.8. The average Bonchev–Trinajstić information content (AvgIpc) is 3.36. The highest BCUT2D eigenvalue weighted by Gasteiger charge is 2.82. The Hall–Kier alpha value is -1.12. The molecule has 0 aromatic rings. The lowest BCUT2D eigenvalue weighted by atomic mass is 9.41. The Balaban J connectivity index is 1.37. The highest BCUT2D eigenvalue weighted by Crippen LogP contribution is 2.89. The first kappa shape index (κ1) is 25.5. The number of rotatable bonds is 6. The zero-order valence-corrected chi connectivity index (χ0v) is 23.6. The molecule has 5 fully saturated rings. The standard InChI is InChI=1S/C32H50O3/c1-20(2)24(34)10-9-21(3)23-13-15-30(8)26-12-11-25-28(5,6)27(35-22(4)33)14-16-31(25)19-32(26,31)18-17-29(23,30)7/h21,23,25-27H,1,9-19H2,2-8H3/t21-,23+,25-,26-,27-,29+,30-,31+,32-/m0/s1. The van der Waals surface area contributed by atoms with E-state index < -0.39 is 0 Å². The molecule has 5 aliphatic carbocycles. The van der Waals surface area contributed by atoms with E-state index in [4.69, 9.17) is 4.74 Å². The molecule has 3 heteroatoms. The third-order valence-electron chi connectivity index (χ3n) is 13.4. The minimum Gasteiger partial charge on any atom is -0.462 e. The maximum Gasteiger partial charge on any atom is 0.302 e. The largest absolute Gasteiger partial charge is 0.462 e. The van der Waals surface area contributed by atoms with E-state index in [1.807, 2.05) is 6.92 Å². The molecule has 5 saturated carbocycles. The topological polar surface area (TPSA) is 43.4 Å². The van der Waals surface area contributed by atoms with Crippen LogP contribution < -0.4 is 0 Å². The number of ether oxygens (including phenoxy) is 1. The second kappa shape index (κ2) is 7.94. The van der Waals surface area contributed by atoms with Crippen molar-refractivity contribution in [3.63, 3.8) is 0 Å². The van der Waals surface area contributed by atoms with Crippen LogP contribution in [0, 0.1) is 50.7 Å². The van der Waals surface area contributed by atoms with Gasteiger partial charge < -0.3 is 4.74 Å². The smallest absolute Gasteiger partial charge is 0.302 e. The molecular weight excluding hydrogens is 432 g/mol. The molecule has 0 heterocycles. The van der Waals surface area contributed by atoms with E-state index in [0.717, 1.165) is 24.7 Å². The Morgan fingerprint density at radius 2 is 1.54 bits per heavy atom. The number of hydrogen-bond donors (Lipinski definition) is 0. The molecular formula is C32H50O3. The number of fused-ring (bicyclic) bond motifs is 2. The van der Waals surface area contributed by atoms with E-state index in [9.17, 15) is 9.59 Å². The summed E-state index contributed by atoms with van der Waals surface area (Å²) >= 11 is 0. The summed E-state index contributed by atoms with van der Waals surface area (Å²) in [6, 6.07) is 0. The maximum absolute atomic E-state index is 12.3. The SMILES string of the molecule is C=C(C)C(=O)CC[C@H](C)[C@H]1CC[C@@]2(C)[C@@H]3CC[C@H]4C(C)(C)[C@@H](OC(C)=O)CC[C@@]45C[C@@]35CC[C@]12C. The summed E-state index contributed by atoms with van der Waals surface area (Å²) < 4.78 is 5.88. The maximum atomic E-state index is 12.3.